The summed E-state index contributed by atoms with van der Waals surface area (Å²) in [5.74, 6) is -2.67. The summed E-state index contributed by atoms with van der Waals surface area (Å²) in [6.07, 6.45) is 0.637. The van der Waals surface area contributed by atoms with E-state index in [-0.39, 0.29) is 13.0 Å². The average Bonchev–Trinajstić information content (AvgIpc) is 2.84. The Morgan fingerprint density at radius 3 is 2.47 bits per heavy atom. The average molecular weight is 212 g/mol. The zero-order valence-corrected chi connectivity index (χ0v) is 7.95. The van der Waals surface area contributed by atoms with Crippen LogP contribution in [0.1, 0.15) is 16.8 Å². The normalized spacial score (nSPS) is 22.1. The molecule has 4 heteroatoms. The van der Waals surface area contributed by atoms with Gasteiger partial charge in [-0.15, -0.1) is 0 Å². The van der Waals surface area contributed by atoms with Gasteiger partial charge in [-0.3, -0.25) is 4.79 Å². The van der Waals surface area contributed by atoms with Crippen LogP contribution in [0.15, 0.2) is 24.3 Å². The molecule has 15 heavy (non-hydrogen) atoms. The highest BCUT2D eigenvalue weighted by Gasteiger charge is 2.57. The van der Waals surface area contributed by atoms with Crippen LogP contribution in [-0.2, 0) is 0 Å². The van der Waals surface area contributed by atoms with Crippen molar-refractivity contribution in [1.82, 2.24) is 0 Å². The summed E-state index contributed by atoms with van der Waals surface area (Å²) in [7, 11) is 0. The second kappa shape index (κ2) is 3.61. The first-order chi connectivity index (χ1) is 7.12. The van der Waals surface area contributed by atoms with Crippen molar-refractivity contribution >= 4 is 6.29 Å². The third-order valence-electron chi connectivity index (χ3n) is 2.42. The molecular formula is C11H10F2O2. The first kappa shape index (κ1) is 10.1. The third-order valence-corrected chi connectivity index (χ3v) is 2.42. The molecular weight excluding hydrogens is 202 g/mol. The van der Waals surface area contributed by atoms with E-state index in [4.69, 9.17) is 4.74 Å². The summed E-state index contributed by atoms with van der Waals surface area (Å²) < 4.78 is 30.2. The lowest BCUT2D eigenvalue weighted by molar-refractivity contribution is 0.0856. The molecule has 0 radical (unpaired) electrons. The van der Waals surface area contributed by atoms with E-state index in [1.807, 2.05) is 0 Å². The Hall–Kier alpha value is -1.45. The summed E-state index contributed by atoms with van der Waals surface area (Å²) in [6.45, 7) is 0.0352. The van der Waals surface area contributed by atoms with Gasteiger partial charge in [0.05, 0.1) is 12.5 Å². The molecule has 0 aliphatic heterocycles. The lowest BCUT2D eigenvalue weighted by atomic mass is 10.2. The van der Waals surface area contributed by atoms with E-state index in [2.05, 4.69) is 0 Å². The Kier molecular flexibility index (Phi) is 2.42. The highest BCUT2D eigenvalue weighted by molar-refractivity contribution is 5.74. The van der Waals surface area contributed by atoms with Gasteiger partial charge in [0.25, 0.3) is 5.92 Å². The van der Waals surface area contributed by atoms with Gasteiger partial charge in [0.1, 0.15) is 12.0 Å². The molecule has 0 unspecified atom stereocenters. The Balaban J connectivity index is 1.86. The molecule has 1 atom stereocenters. The highest BCUT2D eigenvalue weighted by atomic mass is 19.3. The second-order valence-corrected chi connectivity index (χ2v) is 3.66. The van der Waals surface area contributed by atoms with Crippen molar-refractivity contribution in [3.63, 3.8) is 0 Å². The number of halogens is 2. The van der Waals surface area contributed by atoms with E-state index < -0.39 is 11.8 Å². The highest BCUT2D eigenvalue weighted by Crippen LogP contribution is 2.48. The molecule has 2 rings (SSSR count). The zero-order valence-electron chi connectivity index (χ0n) is 7.95. The van der Waals surface area contributed by atoms with Gasteiger partial charge in [0.2, 0.25) is 0 Å². The fourth-order valence-electron chi connectivity index (χ4n) is 1.29. The summed E-state index contributed by atoms with van der Waals surface area (Å²) in [4.78, 5) is 10.3. The van der Waals surface area contributed by atoms with Gasteiger partial charge in [-0.2, -0.15) is 0 Å². The second-order valence-electron chi connectivity index (χ2n) is 3.66. The van der Waals surface area contributed by atoms with Gasteiger partial charge in [0, 0.05) is 12.0 Å². The van der Waals surface area contributed by atoms with E-state index in [1.54, 1.807) is 24.3 Å². The summed E-state index contributed by atoms with van der Waals surface area (Å²) >= 11 is 0. The van der Waals surface area contributed by atoms with Crippen LogP contribution in [0.5, 0.6) is 5.75 Å². The summed E-state index contributed by atoms with van der Waals surface area (Å²) in [5, 5.41) is 0. The van der Waals surface area contributed by atoms with Crippen molar-refractivity contribution in [2.75, 3.05) is 6.61 Å². The Morgan fingerprint density at radius 1 is 1.40 bits per heavy atom. The van der Waals surface area contributed by atoms with Crippen LogP contribution in [0.3, 0.4) is 0 Å². The minimum atomic E-state index is -2.54. The number of carbonyl (C=O) groups is 1. The number of ether oxygens (including phenoxy) is 1. The van der Waals surface area contributed by atoms with Gasteiger partial charge in [-0.25, -0.2) is 8.78 Å². The van der Waals surface area contributed by atoms with Crippen molar-refractivity contribution < 1.29 is 18.3 Å². The monoisotopic (exact) mass is 212 g/mol. The maximum Gasteiger partial charge on any atom is 0.255 e. The van der Waals surface area contributed by atoms with Gasteiger partial charge in [-0.1, -0.05) is 0 Å². The number of aldehydes is 1. The van der Waals surface area contributed by atoms with E-state index in [0.717, 1.165) is 6.29 Å². The molecule has 1 fully saturated rings. The van der Waals surface area contributed by atoms with E-state index in [1.165, 1.54) is 0 Å². The molecule has 1 aromatic rings. The summed E-state index contributed by atoms with van der Waals surface area (Å²) in [5.41, 5.74) is 0.541. The lowest BCUT2D eigenvalue weighted by Crippen LogP contribution is -2.05. The molecule has 0 heterocycles. The van der Waals surface area contributed by atoms with Crippen LogP contribution in [0.4, 0.5) is 8.78 Å². The number of rotatable bonds is 4. The molecule has 80 valence electrons. The number of hydrogen-bond donors (Lipinski definition) is 0. The largest absolute Gasteiger partial charge is 0.493 e. The van der Waals surface area contributed by atoms with Crippen molar-refractivity contribution in [2.24, 2.45) is 5.92 Å². The number of hydrogen-bond acceptors (Lipinski definition) is 2. The fraction of sp³-hybridized carbons (Fsp3) is 0.364. The predicted octanol–water partition coefficient (Wildman–Crippen LogP) is 2.53. The molecule has 0 N–H and O–H groups in total. The Bertz CT molecular complexity index is 359. The molecule has 0 aromatic heterocycles. The van der Waals surface area contributed by atoms with Crippen molar-refractivity contribution in [3.05, 3.63) is 29.8 Å². The maximum atomic E-state index is 12.5. The van der Waals surface area contributed by atoms with Crippen molar-refractivity contribution in [1.29, 1.82) is 0 Å². The van der Waals surface area contributed by atoms with E-state index >= 15 is 0 Å². The van der Waals surface area contributed by atoms with E-state index in [9.17, 15) is 13.6 Å². The zero-order chi connectivity index (χ0) is 10.9. The molecule has 1 aliphatic rings. The minimum Gasteiger partial charge on any atom is -0.493 e. The third kappa shape index (κ3) is 2.32. The van der Waals surface area contributed by atoms with Crippen LogP contribution >= 0.6 is 0 Å². The Labute approximate surface area is 85.9 Å². The van der Waals surface area contributed by atoms with Gasteiger partial charge in [-0.05, 0) is 24.3 Å². The number of carbonyl (C=O) groups excluding carboxylic acids is 1. The quantitative estimate of drug-likeness (QED) is 0.717. The first-order valence-electron chi connectivity index (χ1n) is 4.68. The van der Waals surface area contributed by atoms with Crippen LogP contribution in [0.25, 0.3) is 0 Å². The van der Waals surface area contributed by atoms with Crippen LogP contribution < -0.4 is 4.74 Å². The van der Waals surface area contributed by atoms with Crippen LogP contribution in [-0.4, -0.2) is 18.8 Å². The maximum absolute atomic E-state index is 12.5. The predicted molar refractivity (Wildman–Crippen MR) is 50.4 cm³/mol. The lowest BCUT2D eigenvalue weighted by Gasteiger charge is -2.04. The van der Waals surface area contributed by atoms with Crippen LogP contribution in [0.2, 0.25) is 0 Å². The minimum absolute atomic E-state index is 0.0352. The van der Waals surface area contributed by atoms with Crippen molar-refractivity contribution in [3.8, 4) is 5.75 Å². The molecule has 0 amide bonds. The standard InChI is InChI=1S/C11H10F2O2/c12-11(13)5-9(11)7-15-10-3-1-8(6-14)2-4-10/h1-4,6,9H,5,7H2/t9-/m0/s1. The van der Waals surface area contributed by atoms with Crippen molar-refractivity contribution in [2.45, 2.75) is 12.3 Å². The fourth-order valence-corrected chi connectivity index (χ4v) is 1.29. The SMILES string of the molecule is O=Cc1ccc(OC[C@@H]2CC2(F)F)cc1. The smallest absolute Gasteiger partial charge is 0.255 e. The van der Waals surface area contributed by atoms with Gasteiger partial charge >= 0.3 is 0 Å². The molecule has 1 aromatic carbocycles. The summed E-state index contributed by atoms with van der Waals surface area (Å²) in [6, 6.07) is 6.38. The molecule has 0 saturated heterocycles. The molecule has 1 aliphatic carbocycles. The van der Waals surface area contributed by atoms with Crippen LogP contribution in [0, 0.1) is 5.92 Å². The molecule has 0 bridgehead atoms. The number of benzene rings is 1. The Morgan fingerprint density at radius 2 is 2.00 bits per heavy atom. The molecule has 1 saturated carbocycles. The molecule has 0 spiro atoms. The first-order valence-corrected chi connectivity index (χ1v) is 4.68. The van der Waals surface area contributed by atoms with Gasteiger partial charge < -0.3 is 4.74 Å². The topological polar surface area (TPSA) is 26.3 Å². The molecule has 2 nitrogen and oxygen atoms in total. The van der Waals surface area contributed by atoms with E-state index in [0.29, 0.717) is 11.3 Å². The number of alkyl halides is 2. The van der Waals surface area contributed by atoms with Gasteiger partial charge in [0.15, 0.2) is 0 Å².